The summed E-state index contributed by atoms with van der Waals surface area (Å²) in [5, 5.41) is 79.5. The van der Waals surface area contributed by atoms with Crippen LogP contribution in [0, 0.1) is 57.9 Å². The summed E-state index contributed by atoms with van der Waals surface area (Å²) < 4.78 is 34.2. The Morgan fingerprint density at radius 1 is 1.08 bits per heavy atom. The molecule has 1 aromatic heterocycles. The molecule has 3 aliphatic carbocycles. The van der Waals surface area contributed by atoms with Gasteiger partial charge in [-0.15, -0.1) is 6.58 Å². The van der Waals surface area contributed by atoms with E-state index < -0.39 is 65.3 Å². The van der Waals surface area contributed by atoms with Gasteiger partial charge in [0.15, 0.2) is 5.60 Å². The number of nitrogens with zero attached hydrogens (tertiary/aromatic N) is 2. The van der Waals surface area contributed by atoms with Crippen molar-refractivity contribution in [3.05, 3.63) is 126 Å². The average Bonchev–Trinajstić information content (AvgIpc) is 4.06. The number of fused-ring (bicyclic) bond motifs is 8. The van der Waals surface area contributed by atoms with Gasteiger partial charge in [0, 0.05) is 68.7 Å². The summed E-state index contributed by atoms with van der Waals surface area (Å²) in [4.78, 5) is 11.7. The SMILES string of the molecule is C=CCc1ccc(OC2OC3C(CCCO)OC#CCC(O)C4CC2(OC=CC42C=CC4C(O)(CC(Cc5ccc(C(=O)O)cc5)C45CCCC5)C2)C(O)C3O)cc1CC(COC)Cn1ccc(C#N)c1. The number of carboxylic acids is 1. The number of benzene rings is 2. The zero-order chi connectivity index (χ0) is 50.0. The largest absolute Gasteiger partial charge is 0.486 e. The van der Waals surface area contributed by atoms with Gasteiger partial charge in [0.25, 0.3) is 0 Å². The number of aliphatic hydroxyl groups is 5. The number of nitriles is 1. The highest BCUT2D eigenvalue weighted by atomic mass is 16.7. The van der Waals surface area contributed by atoms with E-state index in [0.29, 0.717) is 56.6 Å². The molecule has 6 N–H and O–H groups in total. The van der Waals surface area contributed by atoms with Crippen LogP contribution >= 0.6 is 0 Å². The molecule has 5 heterocycles. The van der Waals surface area contributed by atoms with Crippen LogP contribution in [0.15, 0.2) is 98.1 Å². The summed E-state index contributed by atoms with van der Waals surface area (Å²) in [6.07, 6.45) is 15.1. The molecular formula is C57H68N2O12. The summed E-state index contributed by atoms with van der Waals surface area (Å²) in [6.45, 7) is 4.88. The van der Waals surface area contributed by atoms with Gasteiger partial charge < -0.3 is 58.9 Å². The minimum Gasteiger partial charge on any atom is -0.486 e. The fourth-order valence-corrected chi connectivity index (χ4v) is 13.6. The van der Waals surface area contributed by atoms with Gasteiger partial charge in [0.05, 0.1) is 35.7 Å². The monoisotopic (exact) mass is 972 g/mol. The Hall–Kier alpha value is -5.42. The second kappa shape index (κ2) is 21.0. The quantitative estimate of drug-likeness (QED) is 0.0678. The van der Waals surface area contributed by atoms with Gasteiger partial charge in [-0.25, -0.2) is 4.79 Å². The molecule has 14 heteroatoms. The highest BCUT2D eigenvalue weighted by Gasteiger charge is 2.68. The first-order valence-electron chi connectivity index (χ1n) is 25.3. The van der Waals surface area contributed by atoms with Crippen molar-refractivity contribution in [3.8, 4) is 23.8 Å². The molecule has 0 amide bonds. The molecule has 0 radical (unpaired) electrons. The Kier molecular flexibility index (Phi) is 14.9. The highest BCUT2D eigenvalue weighted by Crippen LogP contribution is 2.67. The van der Waals surface area contributed by atoms with Crippen molar-refractivity contribution in [2.24, 2.45) is 34.5 Å². The van der Waals surface area contributed by atoms with E-state index in [-0.39, 0.29) is 61.0 Å². The van der Waals surface area contributed by atoms with Crippen molar-refractivity contribution in [3.63, 3.8) is 0 Å². The van der Waals surface area contributed by atoms with Crippen LogP contribution in [0.2, 0.25) is 0 Å². The molecule has 3 fully saturated rings. The molecule has 1 saturated heterocycles. The van der Waals surface area contributed by atoms with Crippen LogP contribution < -0.4 is 4.74 Å². The van der Waals surface area contributed by atoms with E-state index in [4.69, 9.17) is 23.7 Å². The van der Waals surface area contributed by atoms with Crippen molar-refractivity contribution in [2.45, 2.75) is 138 Å². The van der Waals surface area contributed by atoms with Gasteiger partial charge in [0.1, 0.15) is 42.3 Å². The molecule has 2 aromatic carbocycles. The maximum absolute atomic E-state index is 13.2. The van der Waals surface area contributed by atoms with E-state index in [1.54, 1.807) is 25.3 Å². The van der Waals surface area contributed by atoms with Gasteiger partial charge in [-0.2, -0.15) is 5.26 Å². The van der Waals surface area contributed by atoms with Gasteiger partial charge in [-0.05, 0) is 122 Å². The predicted molar refractivity (Wildman–Crippen MR) is 261 cm³/mol. The second-order valence-electron chi connectivity index (χ2n) is 21.2. The van der Waals surface area contributed by atoms with Gasteiger partial charge in [-0.1, -0.05) is 55.2 Å². The van der Waals surface area contributed by atoms with Crippen molar-refractivity contribution in [1.82, 2.24) is 4.57 Å². The number of aromatic nitrogens is 1. The molecule has 10 rings (SSSR count). The number of carbonyl (C=O) groups is 1. The Labute approximate surface area is 416 Å². The van der Waals surface area contributed by atoms with E-state index in [9.17, 15) is 40.7 Å². The van der Waals surface area contributed by atoms with E-state index >= 15 is 0 Å². The van der Waals surface area contributed by atoms with Crippen LogP contribution in [0.4, 0.5) is 0 Å². The van der Waals surface area contributed by atoms with Gasteiger partial charge >= 0.3 is 5.97 Å². The summed E-state index contributed by atoms with van der Waals surface area (Å²) in [5.74, 6) is 1.61. The first kappa shape index (κ1) is 50.5. The van der Waals surface area contributed by atoms with Gasteiger partial charge in [-0.3, -0.25) is 0 Å². The minimum absolute atomic E-state index is 0.00301. The lowest BCUT2D eigenvalue weighted by molar-refractivity contribution is -0.334. The van der Waals surface area contributed by atoms with Crippen LogP contribution in [0.3, 0.4) is 0 Å². The number of carboxylic acid groups (broad SMARTS) is 1. The van der Waals surface area contributed by atoms with Crippen molar-refractivity contribution >= 4 is 5.97 Å². The predicted octanol–water partition coefficient (Wildman–Crippen LogP) is 6.41. The third-order valence-corrected chi connectivity index (χ3v) is 16.9. The van der Waals surface area contributed by atoms with Crippen LogP contribution in [0.25, 0.3) is 0 Å². The molecule has 2 saturated carbocycles. The summed E-state index contributed by atoms with van der Waals surface area (Å²) >= 11 is 0. The summed E-state index contributed by atoms with van der Waals surface area (Å²) in [6, 6.07) is 16.7. The zero-order valence-corrected chi connectivity index (χ0v) is 40.5. The topological polar surface area (TPSA) is 213 Å². The third-order valence-electron chi connectivity index (χ3n) is 16.9. The maximum Gasteiger partial charge on any atom is 0.335 e. The molecule has 71 heavy (non-hydrogen) atoms. The standard InChI is InChI=1S/C57H68N2O12/c1-3-8-40-15-16-44(29-42(40)27-39(35-67-2)34-59-23-18-38(32-58)33-59)70-53-57-31-45(46(61)9-7-25-68-47(10-6-24-60)50(71-53)49(62)51(57)63)54(22-26-69-57)21-17-48-55(19-4-5-20-55)43(30-56(48,66)36-54)28-37-11-13-41(14-12-37)52(64)65/h3,11-18,21-23,26,29,33,39,43,45-51,53,60-63,66H,1,4-6,8-10,19-20,24,27-28,30-31,34-36H2,2H3,(H,64,65). The van der Waals surface area contributed by atoms with Crippen LogP contribution in [-0.4, -0.2) is 110 Å². The normalized spacial score (nSPS) is 33.8. The number of methoxy groups -OCH3 is 1. The first-order valence-corrected chi connectivity index (χ1v) is 25.3. The molecule has 4 aliphatic heterocycles. The fraction of sp³-hybridized carbons (Fsp3) is 0.544. The van der Waals surface area contributed by atoms with Crippen LogP contribution in [0.1, 0.15) is 96.8 Å². The molecule has 7 aliphatic rings. The zero-order valence-electron chi connectivity index (χ0n) is 40.5. The van der Waals surface area contributed by atoms with Crippen LogP contribution in [0.5, 0.6) is 5.75 Å². The third kappa shape index (κ3) is 9.81. The van der Waals surface area contributed by atoms with Crippen molar-refractivity contribution < 1.29 is 59.1 Å². The Morgan fingerprint density at radius 2 is 1.89 bits per heavy atom. The molecule has 13 atom stereocenters. The number of allylic oxidation sites excluding steroid dienone is 3. The molecule has 3 bridgehead atoms. The number of rotatable bonds is 16. The highest BCUT2D eigenvalue weighted by molar-refractivity contribution is 5.87. The molecule has 3 spiro atoms. The van der Waals surface area contributed by atoms with Crippen LogP contribution in [-0.2, 0) is 44.8 Å². The summed E-state index contributed by atoms with van der Waals surface area (Å²) in [5.41, 5.74) is -0.414. The van der Waals surface area contributed by atoms with Crippen molar-refractivity contribution in [1.29, 1.82) is 5.26 Å². The molecule has 13 unspecified atom stereocenters. The maximum atomic E-state index is 13.2. The lowest BCUT2D eigenvalue weighted by Crippen LogP contribution is -2.70. The Balaban J connectivity index is 1.08. The first-order chi connectivity index (χ1) is 34.3. The van der Waals surface area contributed by atoms with Gasteiger partial charge in [0.2, 0.25) is 6.29 Å². The summed E-state index contributed by atoms with van der Waals surface area (Å²) in [7, 11) is 1.66. The second-order valence-corrected chi connectivity index (χ2v) is 21.2. The Bertz CT molecular complexity index is 2550. The molecule has 14 nitrogen and oxygen atoms in total. The van der Waals surface area contributed by atoms with E-state index in [1.165, 1.54) is 6.26 Å². The van der Waals surface area contributed by atoms with E-state index in [0.717, 1.165) is 42.4 Å². The smallest absolute Gasteiger partial charge is 0.335 e. The molecule has 378 valence electrons. The number of hydrogen-bond acceptors (Lipinski definition) is 12. The number of aromatic carboxylic acids is 1. The lowest BCUT2D eigenvalue weighted by Gasteiger charge is -2.53. The average molecular weight is 973 g/mol. The van der Waals surface area contributed by atoms with Crippen molar-refractivity contribution in [2.75, 3.05) is 20.3 Å². The Morgan fingerprint density at radius 3 is 2.61 bits per heavy atom. The van der Waals surface area contributed by atoms with E-state index in [1.807, 2.05) is 59.4 Å². The fourth-order valence-electron chi connectivity index (χ4n) is 13.6. The van der Waals surface area contributed by atoms with E-state index in [2.05, 4.69) is 36.8 Å². The number of aliphatic hydroxyl groups excluding tert-OH is 4. The number of ether oxygens (including phenoxy) is 5. The molecular weight excluding hydrogens is 905 g/mol. The lowest BCUT2D eigenvalue weighted by atomic mass is 9.56. The number of hydrogen-bond donors (Lipinski definition) is 6. The molecule has 3 aromatic rings. The minimum atomic E-state index is -1.82.